The lowest BCUT2D eigenvalue weighted by Crippen LogP contribution is -2.38. The van der Waals surface area contributed by atoms with E-state index in [1.807, 2.05) is 5.01 Å². The fraction of sp³-hybridized carbons (Fsp3) is 1.00. The highest BCUT2D eigenvalue weighted by atomic mass is 16.3. The number of hydrazine groups is 1. The highest BCUT2D eigenvalue weighted by molar-refractivity contribution is 4.54. The number of aliphatic hydroxyl groups is 1. The lowest BCUT2D eigenvalue weighted by Gasteiger charge is -2.16. The fourth-order valence-electron chi connectivity index (χ4n) is 1.04. The van der Waals surface area contributed by atoms with Crippen LogP contribution in [-0.4, -0.2) is 29.9 Å². The zero-order chi connectivity index (χ0) is 6.53. The van der Waals surface area contributed by atoms with E-state index < -0.39 is 0 Å². The Labute approximate surface area is 55.6 Å². The number of hydrogen-bond acceptors (Lipinski definition) is 3. The van der Waals surface area contributed by atoms with Crippen molar-refractivity contribution in [2.75, 3.05) is 19.8 Å². The largest absolute Gasteiger partial charge is 0.380 e. The van der Waals surface area contributed by atoms with E-state index >= 15 is 0 Å². The van der Waals surface area contributed by atoms with E-state index in [1.54, 1.807) is 0 Å². The number of aliphatic hydroxyl groups excluding tert-OH is 1. The molecule has 0 saturated carbocycles. The molecule has 3 nitrogen and oxygen atoms in total. The molecule has 2 N–H and O–H groups in total. The van der Waals surface area contributed by atoms with Gasteiger partial charge in [-0.3, -0.25) is 5.43 Å². The highest BCUT2D eigenvalue weighted by Gasteiger charge is 2.04. The van der Waals surface area contributed by atoms with Gasteiger partial charge in [-0.2, -0.15) is 0 Å². The molecule has 54 valence electrons. The number of nitrogens with one attached hydrogen (secondary N) is 1. The number of hydrogen-bond donors (Lipinski definition) is 2. The van der Waals surface area contributed by atoms with Crippen LogP contribution in [0.15, 0.2) is 0 Å². The zero-order valence-electron chi connectivity index (χ0n) is 5.64. The molecule has 0 aromatic carbocycles. The molecule has 1 rings (SSSR count). The van der Waals surface area contributed by atoms with Crippen LogP contribution in [0.5, 0.6) is 0 Å². The second-order valence-electron chi connectivity index (χ2n) is 2.37. The fourth-order valence-corrected chi connectivity index (χ4v) is 1.04. The first-order chi connectivity index (χ1) is 4.43. The minimum Gasteiger partial charge on any atom is -0.380 e. The Balaban J connectivity index is 2.18. The van der Waals surface area contributed by atoms with Crippen LogP contribution in [0.2, 0.25) is 0 Å². The van der Waals surface area contributed by atoms with Gasteiger partial charge in [0.1, 0.15) is 6.73 Å². The summed E-state index contributed by atoms with van der Waals surface area (Å²) in [6, 6.07) is 0. The van der Waals surface area contributed by atoms with Crippen LogP contribution in [0.25, 0.3) is 0 Å². The van der Waals surface area contributed by atoms with Crippen molar-refractivity contribution in [1.82, 2.24) is 10.4 Å². The van der Waals surface area contributed by atoms with Crippen LogP contribution in [0.1, 0.15) is 19.3 Å². The summed E-state index contributed by atoms with van der Waals surface area (Å²) in [5, 5.41) is 10.5. The third-order valence-corrected chi connectivity index (χ3v) is 1.61. The molecular weight excluding hydrogens is 116 g/mol. The third kappa shape index (κ3) is 2.30. The third-order valence-electron chi connectivity index (χ3n) is 1.61. The van der Waals surface area contributed by atoms with Gasteiger partial charge in [-0.05, 0) is 12.8 Å². The molecule has 0 unspecified atom stereocenters. The summed E-state index contributed by atoms with van der Waals surface area (Å²) in [6.45, 7) is 2.14. The molecule has 0 aromatic heterocycles. The van der Waals surface area contributed by atoms with Gasteiger partial charge in [0.05, 0.1) is 0 Å². The predicted molar refractivity (Wildman–Crippen MR) is 35.6 cm³/mol. The summed E-state index contributed by atoms with van der Waals surface area (Å²) in [6.07, 6.45) is 3.72. The van der Waals surface area contributed by atoms with Gasteiger partial charge in [0.25, 0.3) is 0 Å². The topological polar surface area (TPSA) is 35.5 Å². The van der Waals surface area contributed by atoms with Crippen LogP contribution in [0.4, 0.5) is 0 Å². The van der Waals surface area contributed by atoms with Gasteiger partial charge in [-0.15, -0.1) is 0 Å². The summed E-state index contributed by atoms with van der Waals surface area (Å²) in [5.74, 6) is 0. The molecular formula is C6H14N2O. The molecule has 9 heavy (non-hydrogen) atoms. The molecule has 3 heteroatoms. The number of rotatable bonds is 1. The minimum absolute atomic E-state index is 0.139. The molecule has 0 aromatic rings. The van der Waals surface area contributed by atoms with Crippen LogP contribution in [-0.2, 0) is 0 Å². The van der Waals surface area contributed by atoms with Crippen molar-refractivity contribution in [2.24, 2.45) is 0 Å². The molecule has 1 saturated heterocycles. The van der Waals surface area contributed by atoms with E-state index in [0.717, 1.165) is 13.1 Å². The molecule has 1 fully saturated rings. The lowest BCUT2D eigenvalue weighted by atomic mass is 10.2. The molecule has 0 spiro atoms. The zero-order valence-corrected chi connectivity index (χ0v) is 5.64. The van der Waals surface area contributed by atoms with Gasteiger partial charge >= 0.3 is 0 Å². The molecule has 0 aliphatic carbocycles. The Kier molecular flexibility index (Phi) is 2.97. The Morgan fingerprint density at radius 3 is 3.00 bits per heavy atom. The van der Waals surface area contributed by atoms with Gasteiger partial charge in [0, 0.05) is 13.1 Å². The minimum atomic E-state index is 0.139. The van der Waals surface area contributed by atoms with Gasteiger partial charge in [0.2, 0.25) is 0 Å². The van der Waals surface area contributed by atoms with Crippen LogP contribution < -0.4 is 5.43 Å². The lowest BCUT2D eigenvalue weighted by molar-refractivity contribution is 0.0666. The first-order valence-electron chi connectivity index (χ1n) is 3.53. The first-order valence-corrected chi connectivity index (χ1v) is 3.53. The Morgan fingerprint density at radius 2 is 2.22 bits per heavy atom. The summed E-state index contributed by atoms with van der Waals surface area (Å²) in [5.41, 5.74) is 3.11. The van der Waals surface area contributed by atoms with Gasteiger partial charge in [-0.25, -0.2) is 5.01 Å². The standard InChI is InChI=1S/C6H14N2O/c9-6-8-5-3-1-2-4-7-8/h7,9H,1-6H2. The number of nitrogens with zero attached hydrogens (tertiary/aromatic N) is 1. The maximum Gasteiger partial charge on any atom is 0.108 e. The SMILES string of the molecule is OCN1CCCCCN1. The second kappa shape index (κ2) is 3.82. The molecule has 0 bridgehead atoms. The average molecular weight is 130 g/mol. The Hall–Kier alpha value is -0.120. The monoisotopic (exact) mass is 130 g/mol. The van der Waals surface area contributed by atoms with E-state index in [-0.39, 0.29) is 6.73 Å². The summed E-state index contributed by atoms with van der Waals surface area (Å²) in [7, 11) is 0. The van der Waals surface area contributed by atoms with Gasteiger partial charge in [0.15, 0.2) is 0 Å². The quantitative estimate of drug-likeness (QED) is 0.521. The van der Waals surface area contributed by atoms with Crippen molar-refractivity contribution in [3.63, 3.8) is 0 Å². The molecule has 1 aliphatic heterocycles. The summed E-state index contributed by atoms with van der Waals surface area (Å²) in [4.78, 5) is 0. The molecule has 1 aliphatic rings. The maximum absolute atomic E-state index is 8.68. The van der Waals surface area contributed by atoms with Crippen molar-refractivity contribution < 1.29 is 5.11 Å². The van der Waals surface area contributed by atoms with Crippen molar-refractivity contribution in [3.05, 3.63) is 0 Å². The molecule has 1 heterocycles. The predicted octanol–water partition coefficient (Wildman–Crippen LogP) is -0.0733. The van der Waals surface area contributed by atoms with Gasteiger partial charge in [-0.1, -0.05) is 6.42 Å². The van der Waals surface area contributed by atoms with Crippen LogP contribution >= 0.6 is 0 Å². The van der Waals surface area contributed by atoms with Crippen LogP contribution in [0.3, 0.4) is 0 Å². The van der Waals surface area contributed by atoms with E-state index in [2.05, 4.69) is 5.43 Å². The summed E-state index contributed by atoms with van der Waals surface area (Å²) < 4.78 is 0. The normalized spacial score (nSPS) is 23.7. The average Bonchev–Trinajstić information content (AvgIpc) is 2.13. The van der Waals surface area contributed by atoms with E-state index in [9.17, 15) is 0 Å². The van der Waals surface area contributed by atoms with E-state index in [4.69, 9.17) is 5.11 Å². The molecule has 0 atom stereocenters. The highest BCUT2D eigenvalue weighted by Crippen LogP contribution is 2.00. The Bertz CT molecular complexity index is 69.5. The van der Waals surface area contributed by atoms with Gasteiger partial charge < -0.3 is 5.11 Å². The van der Waals surface area contributed by atoms with Crippen LogP contribution in [0, 0.1) is 0 Å². The van der Waals surface area contributed by atoms with Crippen molar-refractivity contribution in [2.45, 2.75) is 19.3 Å². The van der Waals surface area contributed by atoms with Crippen molar-refractivity contribution >= 4 is 0 Å². The van der Waals surface area contributed by atoms with E-state index in [1.165, 1.54) is 19.3 Å². The smallest absolute Gasteiger partial charge is 0.108 e. The second-order valence-corrected chi connectivity index (χ2v) is 2.37. The molecule has 0 radical (unpaired) electrons. The maximum atomic E-state index is 8.68. The Morgan fingerprint density at radius 1 is 1.33 bits per heavy atom. The van der Waals surface area contributed by atoms with E-state index in [0.29, 0.717) is 0 Å². The first kappa shape index (κ1) is 6.99. The van der Waals surface area contributed by atoms with Crippen molar-refractivity contribution in [1.29, 1.82) is 0 Å². The van der Waals surface area contributed by atoms with Crippen molar-refractivity contribution in [3.8, 4) is 0 Å². The summed E-state index contributed by atoms with van der Waals surface area (Å²) >= 11 is 0. The molecule has 0 amide bonds.